The van der Waals surface area contributed by atoms with Crippen LogP contribution in [0.25, 0.3) is 0 Å². The van der Waals surface area contributed by atoms with Gasteiger partial charge in [-0.15, -0.1) is 0 Å². The van der Waals surface area contributed by atoms with Crippen molar-refractivity contribution in [2.75, 3.05) is 31.7 Å². The fraction of sp³-hybridized carbons (Fsp3) is 0.571. The Morgan fingerprint density at radius 2 is 2.21 bits per heavy atom. The van der Waals surface area contributed by atoms with Gasteiger partial charge in [0, 0.05) is 26.7 Å². The van der Waals surface area contributed by atoms with Crippen LogP contribution in [0, 0.1) is 11.7 Å². The Hall–Kier alpha value is -0.650. The van der Waals surface area contributed by atoms with E-state index in [0.29, 0.717) is 29.9 Å². The van der Waals surface area contributed by atoms with Crippen LogP contribution in [0.2, 0.25) is 0 Å². The van der Waals surface area contributed by atoms with Gasteiger partial charge >= 0.3 is 0 Å². The van der Waals surface area contributed by atoms with Gasteiger partial charge in [0.1, 0.15) is 0 Å². The molecule has 2 N–H and O–H groups in total. The number of ether oxygens (including phenoxy) is 1. The SMILES string of the molecule is CN(CCOCC1CC1)c1ccc(CN)c(Br)c1F. The Bertz CT molecular complexity index is 438. The first-order valence-electron chi connectivity index (χ1n) is 6.59. The average molecular weight is 331 g/mol. The Morgan fingerprint density at radius 1 is 1.47 bits per heavy atom. The molecule has 1 aromatic carbocycles. The summed E-state index contributed by atoms with van der Waals surface area (Å²) < 4.78 is 20.2. The summed E-state index contributed by atoms with van der Waals surface area (Å²) in [6.07, 6.45) is 2.58. The third-order valence-corrected chi connectivity index (χ3v) is 4.25. The molecule has 1 aromatic rings. The van der Waals surface area contributed by atoms with Crippen LogP contribution in [0.4, 0.5) is 10.1 Å². The monoisotopic (exact) mass is 330 g/mol. The summed E-state index contributed by atoms with van der Waals surface area (Å²) in [6.45, 7) is 2.47. The molecular formula is C14H20BrFN2O. The van der Waals surface area contributed by atoms with Crippen molar-refractivity contribution in [2.45, 2.75) is 19.4 Å². The van der Waals surface area contributed by atoms with E-state index in [4.69, 9.17) is 10.5 Å². The van der Waals surface area contributed by atoms with E-state index in [2.05, 4.69) is 15.9 Å². The van der Waals surface area contributed by atoms with E-state index in [9.17, 15) is 4.39 Å². The van der Waals surface area contributed by atoms with Crippen molar-refractivity contribution in [3.05, 3.63) is 28.0 Å². The molecule has 1 aliphatic rings. The van der Waals surface area contributed by atoms with Gasteiger partial charge in [-0.3, -0.25) is 0 Å². The van der Waals surface area contributed by atoms with E-state index in [1.807, 2.05) is 18.0 Å². The zero-order valence-electron chi connectivity index (χ0n) is 11.2. The highest BCUT2D eigenvalue weighted by molar-refractivity contribution is 9.10. The lowest BCUT2D eigenvalue weighted by molar-refractivity contribution is 0.131. The normalized spacial score (nSPS) is 14.7. The molecule has 2 rings (SSSR count). The number of anilines is 1. The van der Waals surface area contributed by atoms with E-state index in [-0.39, 0.29) is 5.82 Å². The maximum atomic E-state index is 14.2. The molecule has 1 saturated carbocycles. The average Bonchev–Trinajstić information content (AvgIpc) is 3.21. The lowest BCUT2D eigenvalue weighted by atomic mass is 10.2. The quantitative estimate of drug-likeness (QED) is 0.781. The molecule has 1 aliphatic carbocycles. The zero-order valence-corrected chi connectivity index (χ0v) is 12.7. The van der Waals surface area contributed by atoms with Gasteiger partial charge in [-0.25, -0.2) is 4.39 Å². The predicted octanol–water partition coefficient (Wildman–Crippen LogP) is 2.91. The minimum Gasteiger partial charge on any atom is -0.379 e. The van der Waals surface area contributed by atoms with Gasteiger partial charge in [0.2, 0.25) is 0 Å². The fourth-order valence-corrected chi connectivity index (χ4v) is 2.39. The first-order chi connectivity index (χ1) is 9.13. The number of nitrogens with two attached hydrogens (primary N) is 1. The third-order valence-electron chi connectivity index (χ3n) is 3.39. The number of rotatable bonds is 7. The van der Waals surface area contributed by atoms with E-state index in [1.165, 1.54) is 12.8 Å². The Labute approximate surface area is 122 Å². The molecule has 0 aromatic heterocycles. The molecule has 5 heteroatoms. The lowest BCUT2D eigenvalue weighted by Crippen LogP contribution is -2.24. The minimum atomic E-state index is -0.257. The zero-order chi connectivity index (χ0) is 13.8. The molecule has 0 bridgehead atoms. The summed E-state index contributed by atoms with van der Waals surface area (Å²) in [5, 5.41) is 0. The van der Waals surface area contributed by atoms with Gasteiger partial charge in [0.15, 0.2) is 5.82 Å². The number of halogens is 2. The van der Waals surface area contributed by atoms with E-state index in [1.54, 1.807) is 6.07 Å². The Balaban J connectivity index is 1.90. The summed E-state index contributed by atoms with van der Waals surface area (Å²) in [4.78, 5) is 1.87. The van der Waals surface area contributed by atoms with Crippen LogP contribution < -0.4 is 10.6 Å². The topological polar surface area (TPSA) is 38.5 Å². The first-order valence-corrected chi connectivity index (χ1v) is 7.38. The molecule has 0 saturated heterocycles. The van der Waals surface area contributed by atoms with E-state index < -0.39 is 0 Å². The van der Waals surface area contributed by atoms with Crippen molar-refractivity contribution >= 4 is 21.6 Å². The lowest BCUT2D eigenvalue weighted by Gasteiger charge is -2.21. The molecule has 0 atom stereocenters. The van der Waals surface area contributed by atoms with Crippen LogP contribution in [-0.4, -0.2) is 26.8 Å². The fourth-order valence-electron chi connectivity index (χ4n) is 1.89. The van der Waals surface area contributed by atoms with Gasteiger partial charge in [-0.05, 0) is 46.3 Å². The summed E-state index contributed by atoms with van der Waals surface area (Å²) in [5.74, 6) is 0.507. The minimum absolute atomic E-state index is 0.257. The predicted molar refractivity (Wildman–Crippen MR) is 78.8 cm³/mol. The maximum absolute atomic E-state index is 14.2. The molecule has 106 valence electrons. The van der Waals surface area contributed by atoms with Crippen molar-refractivity contribution in [3.8, 4) is 0 Å². The third kappa shape index (κ3) is 3.91. The molecule has 3 nitrogen and oxygen atoms in total. The molecule has 0 amide bonds. The van der Waals surface area contributed by atoms with Crippen LogP contribution in [-0.2, 0) is 11.3 Å². The van der Waals surface area contributed by atoms with Crippen molar-refractivity contribution in [1.29, 1.82) is 0 Å². The highest BCUT2D eigenvalue weighted by atomic mass is 79.9. The number of likely N-dealkylation sites (N-methyl/N-ethyl adjacent to an activating group) is 1. The number of hydrogen-bond acceptors (Lipinski definition) is 3. The van der Waals surface area contributed by atoms with Crippen LogP contribution in [0.1, 0.15) is 18.4 Å². The Kier molecular flexibility index (Phi) is 5.19. The van der Waals surface area contributed by atoms with Crippen LogP contribution in [0.3, 0.4) is 0 Å². The van der Waals surface area contributed by atoms with Gasteiger partial charge in [0.05, 0.1) is 16.8 Å². The van der Waals surface area contributed by atoms with E-state index >= 15 is 0 Å². The number of benzene rings is 1. The number of hydrogen-bond donors (Lipinski definition) is 1. The first kappa shape index (κ1) is 14.8. The summed E-state index contributed by atoms with van der Waals surface area (Å²) in [7, 11) is 1.87. The van der Waals surface area contributed by atoms with Gasteiger partial charge in [-0.1, -0.05) is 6.07 Å². The van der Waals surface area contributed by atoms with Crippen molar-refractivity contribution in [2.24, 2.45) is 11.7 Å². The molecule has 1 fully saturated rings. The summed E-state index contributed by atoms with van der Waals surface area (Å²) in [5.41, 5.74) is 6.89. The summed E-state index contributed by atoms with van der Waals surface area (Å²) >= 11 is 3.26. The smallest absolute Gasteiger partial charge is 0.160 e. The molecular weight excluding hydrogens is 311 g/mol. The largest absolute Gasteiger partial charge is 0.379 e. The second kappa shape index (κ2) is 6.68. The summed E-state index contributed by atoms with van der Waals surface area (Å²) in [6, 6.07) is 3.62. The Morgan fingerprint density at radius 3 is 2.84 bits per heavy atom. The van der Waals surface area contributed by atoms with Crippen LogP contribution >= 0.6 is 15.9 Å². The van der Waals surface area contributed by atoms with Crippen LogP contribution in [0.5, 0.6) is 0 Å². The van der Waals surface area contributed by atoms with Gasteiger partial charge in [-0.2, -0.15) is 0 Å². The number of nitrogens with zero attached hydrogens (tertiary/aromatic N) is 1. The van der Waals surface area contributed by atoms with Gasteiger partial charge < -0.3 is 15.4 Å². The molecule has 0 aliphatic heterocycles. The van der Waals surface area contributed by atoms with Crippen molar-refractivity contribution < 1.29 is 9.13 Å². The molecule has 0 unspecified atom stereocenters. The van der Waals surface area contributed by atoms with Gasteiger partial charge in [0.25, 0.3) is 0 Å². The maximum Gasteiger partial charge on any atom is 0.160 e. The van der Waals surface area contributed by atoms with Crippen molar-refractivity contribution in [1.82, 2.24) is 0 Å². The highest BCUT2D eigenvalue weighted by Gasteiger charge is 2.21. The molecule has 0 spiro atoms. The molecule has 19 heavy (non-hydrogen) atoms. The second-order valence-corrected chi connectivity index (χ2v) is 5.81. The van der Waals surface area contributed by atoms with E-state index in [0.717, 1.165) is 18.1 Å². The molecule has 0 radical (unpaired) electrons. The van der Waals surface area contributed by atoms with Crippen molar-refractivity contribution in [3.63, 3.8) is 0 Å². The molecule has 0 heterocycles. The second-order valence-electron chi connectivity index (χ2n) is 5.02. The highest BCUT2D eigenvalue weighted by Crippen LogP contribution is 2.30. The standard InChI is InChI=1S/C14H20BrFN2O/c1-18(6-7-19-9-10-2-3-10)12-5-4-11(8-17)13(15)14(12)16/h4-5,10H,2-3,6-9,17H2,1H3. The van der Waals surface area contributed by atoms with Crippen LogP contribution in [0.15, 0.2) is 16.6 Å².